The van der Waals surface area contributed by atoms with Crippen molar-refractivity contribution < 1.29 is 14.3 Å². The summed E-state index contributed by atoms with van der Waals surface area (Å²) >= 11 is 0. The van der Waals surface area contributed by atoms with Gasteiger partial charge in [0, 0.05) is 0 Å². The van der Waals surface area contributed by atoms with Gasteiger partial charge in [-0.2, -0.15) is 4.99 Å². The van der Waals surface area contributed by atoms with Crippen LogP contribution in [0.3, 0.4) is 0 Å². The Morgan fingerprint density at radius 1 is 1.28 bits per heavy atom. The molecule has 0 heterocycles. The maximum absolute atomic E-state index is 11.9. The number of ether oxygens (including phenoxy) is 1. The Morgan fingerprint density at radius 2 is 1.89 bits per heavy atom. The standard InChI is InChI=1S/C12H15N3O3/c1-2-9(8-6-4-3-5-7-8)10(16)15-11(13)18-12(14)17/h3-7,9H,2H2,1H3,(H2,14,17)(H2,13,15,16). The van der Waals surface area contributed by atoms with E-state index in [4.69, 9.17) is 11.5 Å². The third kappa shape index (κ3) is 3.89. The first-order valence-electron chi connectivity index (χ1n) is 5.44. The lowest BCUT2D eigenvalue weighted by atomic mass is 9.96. The van der Waals surface area contributed by atoms with Gasteiger partial charge in [-0.05, 0) is 12.0 Å². The summed E-state index contributed by atoms with van der Waals surface area (Å²) in [6.07, 6.45) is -0.535. The summed E-state index contributed by atoms with van der Waals surface area (Å²) in [7, 11) is 0. The largest absolute Gasteiger partial charge is 0.412 e. The Labute approximate surface area is 105 Å². The average molecular weight is 249 g/mol. The number of amidine groups is 1. The third-order valence-electron chi connectivity index (χ3n) is 2.33. The molecule has 1 atom stereocenters. The number of primary amides is 1. The van der Waals surface area contributed by atoms with E-state index in [0.717, 1.165) is 5.56 Å². The van der Waals surface area contributed by atoms with E-state index in [1.807, 2.05) is 37.3 Å². The predicted molar refractivity (Wildman–Crippen MR) is 66.8 cm³/mol. The lowest BCUT2D eigenvalue weighted by Gasteiger charge is -2.11. The number of amides is 2. The van der Waals surface area contributed by atoms with Gasteiger partial charge in [-0.15, -0.1) is 0 Å². The van der Waals surface area contributed by atoms with E-state index < -0.39 is 23.9 Å². The van der Waals surface area contributed by atoms with Gasteiger partial charge in [0.15, 0.2) is 0 Å². The summed E-state index contributed by atoms with van der Waals surface area (Å²) in [6.45, 7) is 1.86. The fourth-order valence-electron chi connectivity index (χ4n) is 1.55. The van der Waals surface area contributed by atoms with Gasteiger partial charge in [0.05, 0.1) is 5.92 Å². The highest BCUT2D eigenvalue weighted by molar-refractivity contribution is 5.96. The molecule has 0 aliphatic rings. The molecule has 0 saturated heterocycles. The smallest absolute Gasteiger partial charge is 0.376 e. The number of carbonyl (C=O) groups excluding carboxylic acids is 2. The minimum Gasteiger partial charge on any atom is -0.376 e. The Kier molecular flexibility index (Phi) is 4.86. The normalized spacial score (nSPS) is 12.8. The Bertz CT molecular complexity index is 457. The minimum atomic E-state index is -1.10. The first-order chi connectivity index (χ1) is 8.54. The van der Waals surface area contributed by atoms with Crippen LogP contribution in [0.1, 0.15) is 24.8 Å². The quantitative estimate of drug-likeness (QED) is 0.618. The van der Waals surface area contributed by atoms with Crippen molar-refractivity contribution in [1.82, 2.24) is 0 Å². The van der Waals surface area contributed by atoms with E-state index in [0.29, 0.717) is 6.42 Å². The highest BCUT2D eigenvalue weighted by Gasteiger charge is 2.18. The van der Waals surface area contributed by atoms with E-state index in [-0.39, 0.29) is 0 Å². The summed E-state index contributed by atoms with van der Waals surface area (Å²) in [5, 5.41) is 0. The van der Waals surface area contributed by atoms with Crippen LogP contribution < -0.4 is 11.5 Å². The van der Waals surface area contributed by atoms with E-state index in [1.54, 1.807) is 0 Å². The molecule has 6 nitrogen and oxygen atoms in total. The lowest BCUT2D eigenvalue weighted by Crippen LogP contribution is -2.26. The van der Waals surface area contributed by atoms with Crippen molar-refractivity contribution in [3.8, 4) is 0 Å². The van der Waals surface area contributed by atoms with Crippen molar-refractivity contribution in [3.05, 3.63) is 35.9 Å². The molecule has 1 aromatic rings. The molecular formula is C12H15N3O3. The second-order valence-corrected chi connectivity index (χ2v) is 3.58. The summed E-state index contributed by atoms with van der Waals surface area (Å²) in [5.41, 5.74) is 10.8. The van der Waals surface area contributed by atoms with Crippen molar-refractivity contribution >= 4 is 18.0 Å². The van der Waals surface area contributed by atoms with Crippen LogP contribution in [0.2, 0.25) is 0 Å². The molecule has 4 N–H and O–H groups in total. The van der Waals surface area contributed by atoms with Crippen LogP contribution in [0.5, 0.6) is 0 Å². The Morgan fingerprint density at radius 3 is 2.39 bits per heavy atom. The summed E-state index contributed by atoms with van der Waals surface area (Å²) in [5.74, 6) is -0.885. The second-order valence-electron chi connectivity index (χ2n) is 3.58. The van der Waals surface area contributed by atoms with Crippen molar-refractivity contribution in [2.75, 3.05) is 0 Å². The Balaban J connectivity index is 2.84. The van der Waals surface area contributed by atoms with Crippen LogP contribution in [0.15, 0.2) is 35.3 Å². The maximum Gasteiger partial charge on any atom is 0.412 e. The highest BCUT2D eigenvalue weighted by Crippen LogP contribution is 2.20. The summed E-state index contributed by atoms with van der Waals surface area (Å²) in [4.78, 5) is 25.8. The molecule has 0 spiro atoms. The van der Waals surface area contributed by atoms with Gasteiger partial charge in [0.25, 0.3) is 11.9 Å². The predicted octanol–water partition coefficient (Wildman–Crippen LogP) is 1.12. The molecule has 1 rings (SSSR count). The van der Waals surface area contributed by atoms with Crippen molar-refractivity contribution in [2.24, 2.45) is 16.5 Å². The molecule has 2 amide bonds. The van der Waals surface area contributed by atoms with E-state index in [2.05, 4.69) is 9.73 Å². The highest BCUT2D eigenvalue weighted by atomic mass is 16.6. The number of nitrogens with zero attached hydrogens (tertiary/aromatic N) is 1. The SMILES string of the molecule is CCC(C(=O)N=C(N)OC(N)=O)c1ccccc1. The van der Waals surface area contributed by atoms with Gasteiger partial charge in [-0.3, -0.25) is 4.79 Å². The number of hydrogen-bond acceptors (Lipinski definition) is 3. The average Bonchev–Trinajstić information content (AvgIpc) is 2.29. The van der Waals surface area contributed by atoms with Crippen molar-refractivity contribution in [3.63, 3.8) is 0 Å². The molecule has 0 aromatic heterocycles. The molecular weight excluding hydrogens is 234 g/mol. The van der Waals surface area contributed by atoms with Crippen LogP contribution in [-0.2, 0) is 9.53 Å². The van der Waals surface area contributed by atoms with Crippen molar-refractivity contribution in [1.29, 1.82) is 0 Å². The number of carbonyl (C=O) groups is 2. The lowest BCUT2D eigenvalue weighted by molar-refractivity contribution is -0.119. The van der Waals surface area contributed by atoms with Crippen molar-refractivity contribution in [2.45, 2.75) is 19.3 Å². The van der Waals surface area contributed by atoms with Crippen LogP contribution in [0.4, 0.5) is 4.79 Å². The van der Waals surface area contributed by atoms with Gasteiger partial charge in [0.1, 0.15) is 0 Å². The van der Waals surface area contributed by atoms with Gasteiger partial charge < -0.3 is 16.2 Å². The van der Waals surface area contributed by atoms with E-state index in [1.165, 1.54) is 0 Å². The van der Waals surface area contributed by atoms with Crippen LogP contribution in [0, 0.1) is 0 Å². The molecule has 1 aromatic carbocycles. The first kappa shape index (κ1) is 13.7. The molecule has 18 heavy (non-hydrogen) atoms. The molecule has 0 aliphatic carbocycles. The zero-order valence-corrected chi connectivity index (χ0v) is 10.00. The summed E-state index contributed by atoms with van der Waals surface area (Å²) < 4.78 is 4.30. The minimum absolute atomic E-state index is 0.416. The fraction of sp³-hybridized carbons (Fsp3) is 0.250. The summed E-state index contributed by atoms with van der Waals surface area (Å²) in [6, 6.07) is 8.63. The molecule has 0 aliphatic heterocycles. The third-order valence-corrected chi connectivity index (χ3v) is 2.33. The molecule has 0 fully saturated rings. The van der Waals surface area contributed by atoms with E-state index in [9.17, 15) is 9.59 Å². The fourth-order valence-corrected chi connectivity index (χ4v) is 1.55. The number of nitrogens with two attached hydrogens (primary N) is 2. The van der Waals surface area contributed by atoms with Gasteiger partial charge in [0.2, 0.25) is 0 Å². The topological polar surface area (TPSA) is 108 Å². The molecule has 0 radical (unpaired) electrons. The van der Waals surface area contributed by atoms with Gasteiger partial charge >= 0.3 is 6.09 Å². The van der Waals surface area contributed by atoms with Crippen LogP contribution in [0.25, 0.3) is 0 Å². The molecule has 0 bridgehead atoms. The number of aliphatic imine (C=N–C) groups is 1. The zero-order valence-electron chi connectivity index (χ0n) is 10.00. The molecule has 0 saturated carbocycles. The maximum atomic E-state index is 11.9. The molecule has 96 valence electrons. The van der Waals surface area contributed by atoms with Crippen LogP contribution in [-0.4, -0.2) is 18.0 Å². The monoisotopic (exact) mass is 249 g/mol. The zero-order chi connectivity index (χ0) is 13.5. The number of benzene rings is 1. The number of rotatable bonds is 3. The second kappa shape index (κ2) is 6.39. The van der Waals surface area contributed by atoms with Gasteiger partial charge in [-0.1, -0.05) is 37.3 Å². The number of hydrogen-bond donors (Lipinski definition) is 2. The molecule has 1 unspecified atom stereocenters. The molecule has 6 heteroatoms. The van der Waals surface area contributed by atoms with Gasteiger partial charge in [-0.25, -0.2) is 4.79 Å². The first-order valence-corrected chi connectivity index (χ1v) is 5.44. The Hall–Kier alpha value is -2.37. The van der Waals surface area contributed by atoms with Crippen LogP contribution >= 0.6 is 0 Å². The van der Waals surface area contributed by atoms with E-state index >= 15 is 0 Å².